The third-order valence-electron chi connectivity index (χ3n) is 5.30. The first kappa shape index (κ1) is 25.5. The van der Waals surface area contributed by atoms with Crippen LogP contribution in [-0.2, 0) is 16.2 Å². The number of ether oxygens (including phenoxy) is 2. The number of methoxy groups -OCH3 is 1. The number of halogens is 1. The zero-order chi connectivity index (χ0) is 25.7. The Bertz CT molecular complexity index is 1320. The molecule has 0 spiro atoms. The molecule has 36 heavy (non-hydrogen) atoms. The summed E-state index contributed by atoms with van der Waals surface area (Å²) in [5.74, 6) is 0.0888. The van der Waals surface area contributed by atoms with Gasteiger partial charge in [0.25, 0.3) is 11.1 Å². The molecule has 0 radical (unpaired) electrons. The fourth-order valence-electron chi connectivity index (χ4n) is 3.40. The zero-order valence-electron chi connectivity index (χ0n) is 19.6. The van der Waals surface area contributed by atoms with Crippen molar-refractivity contribution < 1.29 is 23.9 Å². The second kappa shape index (κ2) is 11.5. The number of hydrogen-bond donors (Lipinski definition) is 1. The highest BCUT2D eigenvalue weighted by molar-refractivity contribution is 9.10. The molecular weight excluding hydrogens is 544 g/mol. The van der Waals surface area contributed by atoms with Gasteiger partial charge in [-0.1, -0.05) is 51.8 Å². The monoisotopic (exact) mass is 566 g/mol. The Labute approximate surface area is 221 Å². The minimum Gasteiger partial charge on any atom is -0.493 e. The van der Waals surface area contributed by atoms with E-state index in [4.69, 9.17) is 9.47 Å². The first-order valence-corrected chi connectivity index (χ1v) is 12.6. The van der Waals surface area contributed by atoms with Crippen LogP contribution in [0.25, 0.3) is 6.08 Å². The number of imide groups is 1. The maximum absolute atomic E-state index is 12.8. The van der Waals surface area contributed by atoms with Crippen LogP contribution in [0.3, 0.4) is 0 Å². The predicted octanol–water partition coefficient (Wildman–Crippen LogP) is 6.02. The molecule has 3 amide bonds. The molecule has 1 aliphatic rings. The number of benzene rings is 3. The van der Waals surface area contributed by atoms with Gasteiger partial charge in [-0.25, -0.2) is 0 Å². The molecule has 1 aliphatic heterocycles. The normalized spacial score (nSPS) is 14.3. The summed E-state index contributed by atoms with van der Waals surface area (Å²) in [6.07, 6.45) is 1.60. The molecule has 0 aliphatic carbocycles. The lowest BCUT2D eigenvalue weighted by Crippen LogP contribution is -2.36. The van der Waals surface area contributed by atoms with Crippen molar-refractivity contribution in [1.29, 1.82) is 0 Å². The summed E-state index contributed by atoms with van der Waals surface area (Å²) >= 11 is 4.21. The Balaban J connectivity index is 1.42. The largest absolute Gasteiger partial charge is 0.493 e. The van der Waals surface area contributed by atoms with E-state index in [1.54, 1.807) is 36.4 Å². The molecule has 3 aromatic carbocycles. The zero-order valence-corrected chi connectivity index (χ0v) is 22.0. The number of carbonyl (C=O) groups is 3. The van der Waals surface area contributed by atoms with E-state index < -0.39 is 17.1 Å². The van der Waals surface area contributed by atoms with Crippen LogP contribution >= 0.6 is 27.7 Å². The van der Waals surface area contributed by atoms with Gasteiger partial charge in [0.05, 0.1) is 12.0 Å². The third-order valence-corrected chi connectivity index (χ3v) is 6.74. The second-order valence-electron chi connectivity index (χ2n) is 8.01. The number of nitrogens with zero attached hydrogens (tertiary/aromatic N) is 1. The maximum atomic E-state index is 12.8. The summed E-state index contributed by atoms with van der Waals surface area (Å²) in [5, 5.41) is 2.21. The number of aryl methyl sites for hydroxylation is 1. The average Bonchev–Trinajstić information content (AvgIpc) is 3.12. The quantitative estimate of drug-likeness (QED) is 0.335. The van der Waals surface area contributed by atoms with Crippen molar-refractivity contribution >= 4 is 56.5 Å². The molecule has 1 saturated heterocycles. The van der Waals surface area contributed by atoms with Gasteiger partial charge in [-0.15, -0.1) is 0 Å². The van der Waals surface area contributed by atoms with Gasteiger partial charge < -0.3 is 14.8 Å². The highest BCUT2D eigenvalue weighted by Gasteiger charge is 2.36. The Morgan fingerprint density at radius 2 is 1.75 bits per heavy atom. The van der Waals surface area contributed by atoms with Gasteiger partial charge >= 0.3 is 0 Å². The average molecular weight is 567 g/mol. The first-order valence-electron chi connectivity index (χ1n) is 11.0. The van der Waals surface area contributed by atoms with E-state index in [1.807, 2.05) is 43.3 Å². The van der Waals surface area contributed by atoms with Gasteiger partial charge in [-0.3, -0.25) is 19.3 Å². The van der Waals surface area contributed by atoms with Crippen LogP contribution in [0.1, 0.15) is 16.7 Å². The van der Waals surface area contributed by atoms with E-state index in [2.05, 4.69) is 21.2 Å². The minimum absolute atomic E-state index is 0.230. The van der Waals surface area contributed by atoms with Crippen LogP contribution in [0, 0.1) is 6.92 Å². The molecule has 4 rings (SSSR count). The minimum atomic E-state index is -0.515. The number of carbonyl (C=O) groups excluding carboxylic acids is 3. The van der Waals surface area contributed by atoms with Crippen LogP contribution in [0.15, 0.2) is 76.1 Å². The summed E-state index contributed by atoms with van der Waals surface area (Å²) < 4.78 is 12.3. The molecule has 0 saturated carbocycles. The van der Waals surface area contributed by atoms with Crippen molar-refractivity contribution in [2.45, 2.75) is 13.5 Å². The van der Waals surface area contributed by atoms with E-state index >= 15 is 0 Å². The van der Waals surface area contributed by atoms with Crippen LogP contribution in [0.2, 0.25) is 0 Å². The van der Waals surface area contributed by atoms with Crippen molar-refractivity contribution in [3.63, 3.8) is 0 Å². The highest BCUT2D eigenvalue weighted by atomic mass is 79.9. The molecule has 0 atom stereocenters. The maximum Gasteiger partial charge on any atom is 0.294 e. The lowest BCUT2D eigenvalue weighted by Gasteiger charge is -2.13. The molecule has 9 heteroatoms. The smallest absolute Gasteiger partial charge is 0.294 e. The molecule has 3 aromatic rings. The summed E-state index contributed by atoms with van der Waals surface area (Å²) in [5.41, 5.74) is 3.33. The Morgan fingerprint density at radius 1 is 1.03 bits per heavy atom. The van der Waals surface area contributed by atoms with Gasteiger partial charge in [0.1, 0.15) is 13.2 Å². The fourth-order valence-corrected chi connectivity index (χ4v) is 4.51. The Hall–Kier alpha value is -3.56. The Morgan fingerprint density at radius 3 is 2.44 bits per heavy atom. The molecule has 0 unspecified atom stereocenters. The van der Waals surface area contributed by atoms with Crippen molar-refractivity contribution in [1.82, 2.24) is 4.90 Å². The van der Waals surface area contributed by atoms with E-state index in [1.165, 1.54) is 7.11 Å². The van der Waals surface area contributed by atoms with E-state index in [-0.39, 0.29) is 11.4 Å². The van der Waals surface area contributed by atoms with Crippen LogP contribution in [0.4, 0.5) is 10.5 Å². The summed E-state index contributed by atoms with van der Waals surface area (Å²) in [6.45, 7) is 1.95. The van der Waals surface area contributed by atoms with Crippen LogP contribution < -0.4 is 14.8 Å². The molecule has 184 valence electrons. The molecule has 1 N–H and O–H groups in total. The lowest BCUT2D eigenvalue weighted by atomic mass is 10.1. The van der Waals surface area contributed by atoms with E-state index in [0.29, 0.717) is 29.4 Å². The van der Waals surface area contributed by atoms with Crippen molar-refractivity contribution in [3.05, 3.63) is 92.8 Å². The number of amides is 3. The van der Waals surface area contributed by atoms with Crippen LogP contribution in [-0.4, -0.2) is 35.6 Å². The molecule has 1 heterocycles. The van der Waals surface area contributed by atoms with E-state index in [0.717, 1.165) is 32.3 Å². The van der Waals surface area contributed by atoms with Gasteiger partial charge in [-0.2, -0.15) is 0 Å². The van der Waals surface area contributed by atoms with Gasteiger partial charge in [0.2, 0.25) is 5.91 Å². The number of anilines is 1. The summed E-state index contributed by atoms with van der Waals surface area (Å²) in [7, 11) is 1.53. The fraction of sp³-hybridized carbons (Fsp3) is 0.148. The number of hydrogen-bond acceptors (Lipinski definition) is 6. The van der Waals surface area contributed by atoms with Gasteiger partial charge in [-0.05, 0) is 72.3 Å². The first-order chi connectivity index (χ1) is 17.3. The number of thioether (sulfide) groups is 1. The SMILES string of the molecule is COc1cc(/C=C2\SC(=O)N(CC(=O)Nc3ccc(C)cc3)C2=O)ccc1OCc1ccc(Br)cc1. The van der Waals surface area contributed by atoms with Gasteiger partial charge in [0.15, 0.2) is 11.5 Å². The number of rotatable bonds is 8. The van der Waals surface area contributed by atoms with E-state index in [9.17, 15) is 14.4 Å². The van der Waals surface area contributed by atoms with Crippen molar-refractivity contribution in [3.8, 4) is 11.5 Å². The van der Waals surface area contributed by atoms with Crippen molar-refractivity contribution in [2.75, 3.05) is 19.0 Å². The van der Waals surface area contributed by atoms with Crippen LogP contribution in [0.5, 0.6) is 11.5 Å². The second-order valence-corrected chi connectivity index (χ2v) is 9.92. The molecule has 7 nitrogen and oxygen atoms in total. The highest BCUT2D eigenvalue weighted by Crippen LogP contribution is 2.34. The molecular formula is C27H23BrN2O5S. The summed E-state index contributed by atoms with van der Waals surface area (Å²) in [6, 6.07) is 20.3. The molecule has 1 fully saturated rings. The van der Waals surface area contributed by atoms with Gasteiger partial charge in [0, 0.05) is 10.2 Å². The molecule has 0 aromatic heterocycles. The topological polar surface area (TPSA) is 84.9 Å². The Kier molecular flexibility index (Phi) is 8.12. The summed E-state index contributed by atoms with van der Waals surface area (Å²) in [4.78, 5) is 38.8. The lowest BCUT2D eigenvalue weighted by molar-refractivity contribution is -0.127. The van der Waals surface area contributed by atoms with Crippen molar-refractivity contribution in [2.24, 2.45) is 0 Å². The third kappa shape index (κ3) is 6.35. The predicted molar refractivity (Wildman–Crippen MR) is 144 cm³/mol. The number of nitrogens with one attached hydrogen (secondary N) is 1. The standard InChI is InChI=1S/C27H23BrN2O5S/c1-17-3-10-21(11-4-17)29-25(31)15-30-26(32)24(36-27(30)33)14-19-7-12-22(23(13-19)34-2)35-16-18-5-8-20(28)9-6-18/h3-14H,15-16H2,1-2H3,(H,29,31)/b24-14-. The molecule has 0 bridgehead atoms.